The van der Waals surface area contributed by atoms with E-state index in [-0.39, 0.29) is 6.54 Å². The van der Waals surface area contributed by atoms with Crippen LogP contribution in [0.2, 0.25) is 0 Å². The zero-order chi connectivity index (χ0) is 21.9. The van der Waals surface area contributed by atoms with E-state index in [2.05, 4.69) is 20.9 Å². The van der Waals surface area contributed by atoms with Crippen LogP contribution < -0.4 is 30.4 Å². The molecule has 0 bridgehead atoms. The second kappa shape index (κ2) is 8.90. The van der Waals surface area contributed by atoms with Gasteiger partial charge in [0.25, 0.3) is 10.0 Å². The van der Waals surface area contributed by atoms with Gasteiger partial charge in [0, 0.05) is 36.1 Å². The smallest absolute Gasteiger partial charge is 0.250 e. The molecule has 0 saturated carbocycles. The minimum Gasteiger partial charge on any atom is -0.497 e. The molecule has 0 aromatic heterocycles. The molecule has 1 aliphatic heterocycles. The van der Waals surface area contributed by atoms with E-state index < -0.39 is 27.2 Å². The Morgan fingerprint density at radius 3 is 2.13 bits per heavy atom. The summed E-state index contributed by atoms with van der Waals surface area (Å²) in [5.74, 6) is -0.287. The van der Waals surface area contributed by atoms with Crippen LogP contribution >= 0.6 is 0 Å². The standard InChI is InChI=1S/C20H26N4O5S/c1-12-5-13(2)7-15(6-12)24-30(26,27)20-18(11-21-23-20)19(25)22-14-8-16(28-3)10-17(9-14)29-4/h5-10,18,20-21,23-24H,11H2,1-4H3,(H,22,25). The lowest BCUT2D eigenvalue weighted by Gasteiger charge is -2.20. The van der Waals surface area contributed by atoms with E-state index in [1.165, 1.54) is 14.2 Å². The van der Waals surface area contributed by atoms with Crippen LogP contribution in [0.3, 0.4) is 0 Å². The summed E-state index contributed by atoms with van der Waals surface area (Å²) in [4.78, 5) is 12.9. The van der Waals surface area contributed by atoms with Gasteiger partial charge in [-0.3, -0.25) is 14.9 Å². The second-order valence-corrected chi connectivity index (χ2v) is 8.97. The number of aryl methyl sites for hydroxylation is 2. The van der Waals surface area contributed by atoms with Crippen molar-refractivity contribution in [1.29, 1.82) is 0 Å². The first-order chi connectivity index (χ1) is 14.2. The number of anilines is 2. The Morgan fingerprint density at radius 1 is 0.967 bits per heavy atom. The minimum atomic E-state index is -3.89. The van der Waals surface area contributed by atoms with Gasteiger partial charge in [-0.15, -0.1) is 0 Å². The summed E-state index contributed by atoms with van der Waals surface area (Å²) < 4.78 is 38.9. The molecular weight excluding hydrogens is 408 g/mol. The van der Waals surface area contributed by atoms with Crippen molar-refractivity contribution in [2.24, 2.45) is 5.92 Å². The van der Waals surface area contributed by atoms with Crippen molar-refractivity contribution in [1.82, 2.24) is 10.9 Å². The third-order valence-electron chi connectivity index (χ3n) is 4.70. The summed E-state index contributed by atoms with van der Waals surface area (Å²) >= 11 is 0. The monoisotopic (exact) mass is 434 g/mol. The van der Waals surface area contributed by atoms with Crippen molar-refractivity contribution >= 4 is 27.3 Å². The normalized spacial score (nSPS) is 18.7. The van der Waals surface area contributed by atoms with E-state index >= 15 is 0 Å². The molecule has 10 heteroatoms. The molecule has 162 valence electrons. The van der Waals surface area contributed by atoms with Crippen LogP contribution in [0.4, 0.5) is 11.4 Å². The van der Waals surface area contributed by atoms with Crippen molar-refractivity contribution in [2.45, 2.75) is 19.2 Å². The van der Waals surface area contributed by atoms with Crippen molar-refractivity contribution in [3.8, 4) is 11.5 Å². The second-order valence-electron chi connectivity index (χ2n) is 7.17. The lowest BCUT2D eigenvalue weighted by molar-refractivity contribution is -0.119. The van der Waals surface area contributed by atoms with Crippen molar-refractivity contribution in [3.63, 3.8) is 0 Å². The Bertz CT molecular complexity index is 999. The predicted octanol–water partition coefficient (Wildman–Crippen LogP) is 1.75. The number of hydrazine groups is 1. The highest BCUT2D eigenvalue weighted by Crippen LogP contribution is 2.27. The topological polar surface area (TPSA) is 118 Å². The fraction of sp³-hybridized carbons (Fsp3) is 0.350. The number of hydrogen-bond donors (Lipinski definition) is 4. The third-order valence-corrected chi connectivity index (χ3v) is 6.34. The van der Waals surface area contributed by atoms with Gasteiger partial charge in [-0.1, -0.05) is 6.07 Å². The van der Waals surface area contributed by atoms with E-state index in [9.17, 15) is 13.2 Å². The first kappa shape index (κ1) is 21.9. The Kier molecular flexibility index (Phi) is 6.49. The van der Waals surface area contributed by atoms with Crippen LogP contribution in [0.1, 0.15) is 11.1 Å². The summed E-state index contributed by atoms with van der Waals surface area (Å²) in [6.07, 6.45) is 0. The molecule has 30 heavy (non-hydrogen) atoms. The lowest BCUT2D eigenvalue weighted by atomic mass is 10.1. The fourth-order valence-electron chi connectivity index (χ4n) is 3.38. The van der Waals surface area contributed by atoms with Crippen LogP contribution in [0, 0.1) is 19.8 Å². The van der Waals surface area contributed by atoms with Gasteiger partial charge in [0.05, 0.1) is 20.1 Å². The Labute approximate surface area is 176 Å². The van der Waals surface area contributed by atoms with Crippen LogP contribution in [-0.2, 0) is 14.8 Å². The van der Waals surface area contributed by atoms with Crippen LogP contribution in [-0.4, -0.2) is 40.5 Å². The summed E-state index contributed by atoms with van der Waals surface area (Å²) in [5, 5.41) is 1.60. The largest absolute Gasteiger partial charge is 0.497 e. The Morgan fingerprint density at radius 2 is 1.57 bits per heavy atom. The van der Waals surface area contributed by atoms with Gasteiger partial charge in [0.1, 0.15) is 11.5 Å². The number of hydrogen-bond acceptors (Lipinski definition) is 7. The molecule has 0 aliphatic carbocycles. The quantitative estimate of drug-likeness (QED) is 0.524. The van der Waals surface area contributed by atoms with Crippen LogP contribution in [0.25, 0.3) is 0 Å². The number of nitrogens with one attached hydrogen (secondary N) is 4. The Hall–Kier alpha value is -2.82. The maximum atomic E-state index is 13.0. The fourth-order valence-corrected chi connectivity index (χ4v) is 4.84. The number of carbonyl (C=O) groups excluding carboxylic acids is 1. The number of amides is 1. The van der Waals surface area contributed by atoms with Crippen molar-refractivity contribution < 1.29 is 22.7 Å². The first-order valence-corrected chi connectivity index (χ1v) is 10.9. The zero-order valence-corrected chi connectivity index (χ0v) is 18.1. The average molecular weight is 435 g/mol. The lowest BCUT2D eigenvalue weighted by Crippen LogP contribution is -2.45. The molecule has 9 nitrogen and oxygen atoms in total. The molecule has 1 aliphatic rings. The molecule has 0 radical (unpaired) electrons. The molecule has 3 rings (SSSR count). The van der Waals surface area contributed by atoms with Gasteiger partial charge in [0.2, 0.25) is 5.91 Å². The summed E-state index contributed by atoms with van der Waals surface area (Å²) in [5.41, 5.74) is 8.24. The zero-order valence-electron chi connectivity index (χ0n) is 17.3. The number of benzene rings is 2. The number of sulfonamides is 1. The van der Waals surface area contributed by atoms with Gasteiger partial charge in [-0.2, -0.15) is 0 Å². The molecular formula is C20H26N4O5S. The predicted molar refractivity (Wildman–Crippen MR) is 115 cm³/mol. The summed E-state index contributed by atoms with van der Waals surface area (Å²) in [6.45, 7) is 3.93. The minimum absolute atomic E-state index is 0.158. The van der Waals surface area contributed by atoms with Gasteiger partial charge >= 0.3 is 0 Å². The molecule has 0 spiro atoms. The molecule has 1 heterocycles. The Balaban J connectivity index is 1.78. The molecule has 2 atom stereocenters. The van der Waals surface area contributed by atoms with Gasteiger partial charge in [-0.05, 0) is 37.1 Å². The first-order valence-electron chi connectivity index (χ1n) is 9.34. The third kappa shape index (κ3) is 5.02. The summed E-state index contributed by atoms with van der Waals surface area (Å²) in [7, 11) is -0.880. The van der Waals surface area contributed by atoms with E-state index in [1.807, 2.05) is 19.9 Å². The average Bonchev–Trinajstić information content (AvgIpc) is 3.17. The van der Waals surface area contributed by atoms with Gasteiger partial charge in [-0.25, -0.2) is 13.8 Å². The highest BCUT2D eigenvalue weighted by molar-refractivity contribution is 7.93. The van der Waals surface area contributed by atoms with E-state index in [0.717, 1.165) is 11.1 Å². The molecule has 2 aromatic carbocycles. The van der Waals surface area contributed by atoms with Gasteiger partial charge in [0.15, 0.2) is 5.37 Å². The van der Waals surface area contributed by atoms with Crippen molar-refractivity contribution in [2.75, 3.05) is 30.8 Å². The SMILES string of the molecule is COc1cc(NC(=O)C2CNNC2S(=O)(=O)Nc2cc(C)cc(C)c2)cc(OC)c1. The molecule has 2 unspecified atom stereocenters. The van der Waals surface area contributed by atoms with E-state index in [1.54, 1.807) is 30.3 Å². The maximum Gasteiger partial charge on any atom is 0.250 e. The highest BCUT2D eigenvalue weighted by atomic mass is 32.2. The molecule has 1 amide bonds. The number of ether oxygens (including phenoxy) is 2. The van der Waals surface area contributed by atoms with E-state index in [4.69, 9.17) is 9.47 Å². The molecule has 2 aromatic rings. The number of carbonyl (C=O) groups is 1. The highest BCUT2D eigenvalue weighted by Gasteiger charge is 2.42. The maximum absolute atomic E-state index is 13.0. The summed E-state index contributed by atoms with van der Waals surface area (Å²) in [6, 6.07) is 10.4. The van der Waals surface area contributed by atoms with Gasteiger partial charge < -0.3 is 14.8 Å². The molecule has 1 saturated heterocycles. The number of methoxy groups -OCH3 is 2. The van der Waals surface area contributed by atoms with E-state index in [0.29, 0.717) is 22.9 Å². The van der Waals surface area contributed by atoms with Crippen LogP contribution in [0.15, 0.2) is 36.4 Å². The molecule has 4 N–H and O–H groups in total. The van der Waals surface area contributed by atoms with Crippen molar-refractivity contribution in [3.05, 3.63) is 47.5 Å². The number of rotatable bonds is 7. The molecule has 1 fully saturated rings. The van der Waals surface area contributed by atoms with Crippen LogP contribution in [0.5, 0.6) is 11.5 Å².